The Morgan fingerprint density at radius 3 is 2.50 bits per heavy atom. The van der Waals surface area contributed by atoms with E-state index >= 15 is 0 Å². The van der Waals surface area contributed by atoms with Gasteiger partial charge in [-0.3, -0.25) is 4.79 Å². The number of amides is 2. The Labute approximate surface area is 151 Å². The molecule has 0 spiro atoms. The van der Waals surface area contributed by atoms with Gasteiger partial charge in [0, 0.05) is 43.0 Å². The molecule has 1 fully saturated rings. The molecule has 1 saturated heterocycles. The van der Waals surface area contributed by atoms with Crippen LogP contribution in [0.25, 0.3) is 10.8 Å². The van der Waals surface area contributed by atoms with E-state index in [4.69, 9.17) is 0 Å². The Bertz CT molecular complexity index is 1010. The summed E-state index contributed by atoms with van der Waals surface area (Å²) in [5.74, 6) is 0.374. The standard InChI is InChI=1S/C21H21N3O2/c1-23-14-19(17-9-5-6-10-18(17)20(23)25)22-21(26)24-12-11-16(13-24)15-7-3-2-4-8-15/h2-10,14,16H,11-13H2,1H3,(H,22,26)/t16-/m1/s1. The first-order valence-electron chi connectivity index (χ1n) is 8.83. The number of hydrogen-bond acceptors (Lipinski definition) is 2. The van der Waals surface area contributed by atoms with Gasteiger partial charge < -0.3 is 14.8 Å². The van der Waals surface area contributed by atoms with Gasteiger partial charge in [0.15, 0.2) is 0 Å². The number of hydrogen-bond donors (Lipinski definition) is 1. The number of carbonyl (C=O) groups is 1. The van der Waals surface area contributed by atoms with Crippen molar-refractivity contribution >= 4 is 22.5 Å². The highest BCUT2D eigenvalue weighted by molar-refractivity contribution is 6.01. The molecule has 1 aromatic heterocycles. The maximum absolute atomic E-state index is 12.8. The minimum atomic E-state index is -0.118. The fourth-order valence-electron chi connectivity index (χ4n) is 3.65. The topological polar surface area (TPSA) is 54.3 Å². The molecule has 2 aromatic carbocycles. The number of fused-ring (bicyclic) bond motifs is 1. The van der Waals surface area contributed by atoms with Crippen molar-refractivity contribution < 1.29 is 4.79 Å². The van der Waals surface area contributed by atoms with E-state index in [1.165, 1.54) is 10.1 Å². The average Bonchev–Trinajstić information content (AvgIpc) is 3.17. The normalized spacial score (nSPS) is 16.8. The number of pyridine rings is 1. The lowest BCUT2D eigenvalue weighted by atomic mass is 9.99. The first kappa shape index (κ1) is 16.4. The summed E-state index contributed by atoms with van der Waals surface area (Å²) in [5.41, 5.74) is 1.87. The fraction of sp³-hybridized carbons (Fsp3) is 0.238. The number of carbonyl (C=O) groups excluding carboxylic acids is 1. The second-order valence-electron chi connectivity index (χ2n) is 6.78. The molecule has 5 nitrogen and oxygen atoms in total. The molecule has 1 aliphatic heterocycles. The lowest BCUT2D eigenvalue weighted by molar-refractivity contribution is 0.222. The SMILES string of the molecule is Cn1cc(NC(=O)N2CC[C@@H](c3ccccc3)C2)c2ccccc2c1=O. The summed E-state index contributed by atoms with van der Waals surface area (Å²) in [5, 5.41) is 4.37. The molecular weight excluding hydrogens is 326 g/mol. The first-order valence-corrected chi connectivity index (χ1v) is 8.83. The summed E-state index contributed by atoms with van der Waals surface area (Å²) in [6.07, 6.45) is 2.65. The number of aromatic nitrogens is 1. The van der Waals surface area contributed by atoms with E-state index in [1.807, 2.05) is 41.3 Å². The van der Waals surface area contributed by atoms with Gasteiger partial charge in [-0.1, -0.05) is 48.5 Å². The van der Waals surface area contributed by atoms with Crippen molar-refractivity contribution in [2.24, 2.45) is 7.05 Å². The zero-order valence-corrected chi connectivity index (χ0v) is 14.7. The number of anilines is 1. The predicted molar refractivity (Wildman–Crippen MR) is 104 cm³/mol. The maximum Gasteiger partial charge on any atom is 0.321 e. The summed E-state index contributed by atoms with van der Waals surface area (Å²) in [6.45, 7) is 1.44. The Morgan fingerprint density at radius 2 is 1.73 bits per heavy atom. The predicted octanol–water partition coefficient (Wildman–Crippen LogP) is 3.56. The average molecular weight is 347 g/mol. The van der Waals surface area contributed by atoms with E-state index < -0.39 is 0 Å². The quantitative estimate of drug-likeness (QED) is 0.771. The zero-order chi connectivity index (χ0) is 18.1. The van der Waals surface area contributed by atoms with Crippen molar-refractivity contribution in [1.82, 2.24) is 9.47 Å². The number of likely N-dealkylation sites (tertiary alicyclic amines) is 1. The molecule has 26 heavy (non-hydrogen) atoms. The number of nitrogens with one attached hydrogen (secondary N) is 1. The van der Waals surface area contributed by atoms with Crippen molar-refractivity contribution in [3.05, 3.63) is 76.7 Å². The van der Waals surface area contributed by atoms with Crippen LogP contribution in [-0.4, -0.2) is 28.6 Å². The molecule has 1 atom stereocenters. The third kappa shape index (κ3) is 2.96. The van der Waals surface area contributed by atoms with Gasteiger partial charge in [-0.05, 0) is 18.1 Å². The van der Waals surface area contributed by atoms with Gasteiger partial charge >= 0.3 is 6.03 Å². The van der Waals surface area contributed by atoms with Crippen LogP contribution in [0, 0.1) is 0 Å². The largest absolute Gasteiger partial charge is 0.324 e. The van der Waals surface area contributed by atoms with Crippen LogP contribution in [0.2, 0.25) is 0 Å². The molecule has 1 N–H and O–H groups in total. The first-order chi connectivity index (χ1) is 12.6. The Morgan fingerprint density at radius 1 is 1.04 bits per heavy atom. The van der Waals surface area contributed by atoms with E-state index in [-0.39, 0.29) is 11.6 Å². The van der Waals surface area contributed by atoms with E-state index in [9.17, 15) is 9.59 Å². The summed E-state index contributed by atoms with van der Waals surface area (Å²) >= 11 is 0. The highest BCUT2D eigenvalue weighted by Gasteiger charge is 2.27. The molecule has 3 aromatic rings. The van der Waals surface area contributed by atoms with E-state index in [0.29, 0.717) is 23.5 Å². The lowest BCUT2D eigenvalue weighted by Crippen LogP contribution is -2.33. The van der Waals surface area contributed by atoms with Crippen molar-refractivity contribution in [1.29, 1.82) is 0 Å². The molecule has 0 radical (unpaired) electrons. The number of urea groups is 1. The van der Waals surface area contributed by atoms with Crippen molar-refractivity contribution in [2.75, 3.05) is 18.4 Å². The van der Waals surface area contributed by atoms with Crippen molar-refractivity contribution in [3.63, 3.8) is 0 Å². The van der Waals surface area contributed by atoms with Gasteiger partial charge in [-0.15, -0.1) is 0 Å². The smallest absolute Gasteiger partial charge is 0.321 e. The summed E-state index contributed by atoms with van der Waals surface area (Å²) in [4.78, 5) is 26.9. The molecule has 0 saturated carbocycles. The molecule has 1 aliphatic rings. The number of nitrogens with zero attached hydrogens (tertiary/aromatic N) is 2. The van der Waals surface area contributed by atoms with Gasteiger partial charge in [0.2, 0.25) is 0 Å². The van der Waals surface area contributed by atoms with Crippen LogP contribution in [0.5, 0.6) is 0 Å². The van der Waals surface area contributed by atoms with Crippen LogP contribution in [0.1, 0.15) is 17.9 Å². The molecule has 0 aliphatic carbocycles. The van der Waals surface area contributed by atoms with Crippen LogP contribution in [-0.2, 0) is 7.05 Å². The van der Waals surface area contributed by atoms with Crippen LogP contribution in [0.15, 0.2) is 65.6 Å². The molecule has 2 heterocycles. The molecule has 132 valence electrons. The maximum atomic E-state index is 12.8. The number of benzene rings is 2. The minimum absolute atomic E-state index is 0.0658. The van der Waals surface area contributed by atoms with Crippen molar-refractivity contribution in [2.45, 2.75) is 12.3 Å². The van der Waals surface area contributed by atoms with Crippen LogP contribution in [0.3, 0.4) is 0 Å². The van der Waals surface area contributed by atoms with E-state index in [1.54, 1.807) is 19.3 Å². The zero-order valence-electron chi connectivity index (χ0n) is 14.7. The van der Waals surface area contributed by atoms with Gasteiger partial charge in [-0.25, -0.2) is 4.79 Å². The summed E-state index contributed by atoms with van der Waals surface area (Å²) in [7, 11) is 1.70. The summed E-state index contributed by atoms with van der Waals surface area (Å²) < 4.78 is 1.51. The monoisotopic (exact) mass is 347 g/mol. The van der Waals surface area contributed by atoms with Gasteiger partial charge in [0.25, 0.3) is 5.56 Å². The number of rotatable bonds is 2. The lowest BCUT2D eigenvalue weighted by Gasteiger charge is -2.19. The molecule has 0 bridgehead atoms. The van der Waals surface area contributed by atoms with E-state index in [0.717, 1.165) is 18.4 Å². The molecule has 5 heteroatoms. The van der Waals surface area contributed by atoms with Crippen LogP contribution >= 0.6 is 0 Å². The summed E-state index contributed by atoms with van der Waals surface area (Å²) in [6, 6.07) is 17.6. The molecular formula is C21H21N3O2. The second-order valence-corrected chi connectivity index (χ2v) is 6.78. The highest BCUT2D eigenvalue weighted by Crippen LogP contribution is 2.28. The fourth-order valence-corrected chi connectivity index (χ4v) is 3.65. The van der Waals surface area contributed by atoms with Crippen molar-refractivity contribution in [3.8, 4) is 0 Å². The third-order valence-corrected chi connectivity index (χ3v) is 5.08. The molecule has 4 rings (SSSR count). The highest BCUT2D eigenvalue weighted by atomic mass is 16.2. The Hall–Kier alpha value is -3.08. The van der Waals surface area contributed by atoms with Gasteiger partial charge in [0.1, 0.15) is 0 Å². The van der Waals surface area contributed by atoms with Crippen LogP contribution in [0.4, 0.5) is 10.5 Å². The third-order valence-electron chi connectivity index (χ3n) is 5.08. The Balaban J connectivity index is 1.55. The molecule has 0 unspecified atom stereocenters. The van der Waals surface area contributed by atoms with Gasteiger partial charge in [-0.2, -0.15) is 0 Å². The van der Waals surface area contributed by atoms with Gasteiger partial charge in [0.05, 0.1) is 5.69 Å². The Kier molecular flexibility index (Phi) is 4.21. The minimum Gasteiger partial charge on any atom is -0.324 e. The van der Waals surface area contributed by atoms with E-state index in [2.05, 4.69) is 17.4 Å². The number of aryl methyl sites for hydroxylation is 1. The second kappa shape index (κ2) is 6.67. The molecule has 2 amide bonds. The van der Waals surface area contributed by atoms with Crippen LogP contribution < -0.4 is 10.9 Å².